The predicted octanol–water partition coefficient (Wildman–Crippen LogP) is 4.10. The largest absolute Gasteiger partial charge is 0.452 e. The van der Waals surface area contributed by atoms with Crippen LogP contribution in [0.15, 0.2) is 46.9 Å². The van der Waals surface area contributed by atoms with Crippen molar-refractivity contribution in [3.8, 4) is 0 Å². The minimum Gasteiger partial charge on any atom is -0.452 e. The van der Waals surface area contributed by atoms with Gasteiger partial charge >= 0.3 is 5.97 Å². The molecule has 0 saturated heterocycles. The van der Waals surface area contributed by atoms with E-state index in [-0.39, 0.29) is 18.6 Å². The highest BCUT2D eigenvalue weighted by molar-refractivity contribution is 9.10. The first-order valence-corrected chi connectivity index (χ1v) is 8.45. The second-order valence-corrected chi connectivity index (χ2v) is 6.63. The summed E-state index contributed by atoms with van der Waals surface area (Å²) in [5.74, 6) is -0.845. The van der Waals surface area contributed by atoms with Crippen LogP contribution in [0, 0.1) is 13.8 Å². The van der Waals surface area contributed by atoms with E-state index in [9.17, 15) is 9.59 Å². The number of nitrogens with one attached hydrogen (secondary N) is 1. The van der Waals surface area contributed by atoms with Gasteiger partial charge in [-0.05, 0) is 61.7 Å². The second-order valence-electron chi connectivity index (χ2n) is 5.72. The first-order chi connectivity index (χ1) is 11.4. The maximum absolute atomic E-state index is 12.0. The Bertz CT molecular complexity index is 741. The minimum absolute atomic E-state index is 0.150. The Balaban J connectivity index is 1.87. The Morgan fingerprint density at radius 2 is 1.75 bits per heavy atom. The van der Waals surface area contributed by atoms with Crippen LogP contribution in [0.1, 0.15) is 40.0 Å². The number of hydrogen-bond acceptors (Lipinski definition) is 3. The van der Waals surface area contributed by atoms with Crippen molar-refractivity contribution in [2.24, 2.45) is 0 Å². The van der Waals surface area contributed by atoms with Gasteiger partial charge in [0.1, 0.15) is 0 Å². The number of carbonyl (C=O) groups is 2. The van der Waals surface area contributed by atoms with E-state index < -0.39 is 5.97 Å². The summed E-state index contributed by atoms with van der Waals surface area (Å²) in [5.41, 5.74) is 3.81. The highest BCUT2D eigenvalue weighted by atomic mass is 79.9. The van der Waals surface area contributed by atoms with Crippen LogP contribution in [-0.4, -0.2) is 18.5 Å². The number of rotatable bonds is 5. The number of hydrogen-bond donors (Lipinski definition) is 1. The Hall–Kier alpha value is -2.14. The molecule has 1 N–H and O–H groups in total. The molecule has 2 rings (SSSR count). The Morgan fingerprint density at radius 1 is 1.08 bits per heavy atom. The van der Waals surface area contributed by atoms with E-state index in [0.29, 0.717) is 5.56 Å². The summed E-state index contributed by atoms with van der Waals surface area (Å²) in [7, 11) is 0. The molecule has 0 aliphatic rings. The molecule has 0 aliphatic heterocycles. The van der Waals surface area contributed by atoms with Gasteiger partial charge in [-0.1, -0.05) is 34.1 Å². The summed E-state index contributed by atoms with van der Waals surface area (Å²) in [4.78, 5) is 23.9. The van der Waals surface area contributed by atoms with Gasteiger partial charge in [0.05, 0.1) is 11.6 Å². The summed E-state index contributed by atoms with van der Waals surface area (Å²) in [6.07, 6.45) is 0. The van der Waals surface area contributed by atoms with E-state index in [0.717, 1.165) is 10.0 Å². The summed E-state index contributed by atoms with van der Waals surface area (Å²) >= 11 is 3.30. The first-order valence-electron chi connectivity index (χ1n) is 7.66. The van der Waals surface area contributed by atoms with Gasteiger partial charge in [-0.15, -0.1) is 0 Å². The van der Waals surface area contributed by atoms with Crippen molar-refractivity contribution in [2.75, 3.05) is 6.61 Å². The van der Waals surface area contributed by atoms with Gasteiger partial charge in [0.2, 0.25) is 0 Å². The maximum atomic E-state index is 12.0. The van der Waals surface area contributed by atoms with Crippen LogP contribution in [-0.2, 0) is 9.53 Å². The fraction of sp³-hybridized carbons (Fsp3) is 0.263. The van der Waals surface area contributed by atoms with Crippen molar-refractivity contribution in [1.29, 1.82) is 0 Å². The third-order valence-corrected chi connectivity index (χ3v) is 4.35. The van der Waals surface area contributed by atoms with E-state index in [4.69, 9.17) is 4.74 Å². The molecular formula is C19H20BrNO3. The third-order valence-electron chi connectivity index (χ3n) is 3.82. The smallest absolute Gasteiger partial charge is 0.338 e. The van der Waals surface area contributed by atoms with Crippen molar-refractivity contribution in [2.45, 2.75) is 26.8 Å². The zero-order valence-electron chi connectivity index (χ0n) is 13.9. The SMILES string of the molecule is Cc1ccc([C@H](C)NC(=O)COC(=O)c2ccc(Br)cc2)cc1C. The summed E-state index contributed by atoms with van der Waals surface area (Å²) < 4.78 is 5.92. The molecule has 2 aromatic rings. The average molecular weight is 390 g/mol. The zero-order valence-corrected chi connectivity index (χ0v) is 15.5. The van der Waals surface area contributed by atoms with Crippen LogP contribution in [0.2, 0.25) is 0 Å². The number of aryl methyl sites for hydroxylation is 2. The molecule has 1 amide bonds. The maximum Gasteiger partial charge on any atom is 0.338 e. The molecule has 0 unspecified atom stereocenters. The van der Waals surface area contributed by atoms with Crippen LogP contribution in [0.5, 0.6) is 0 Å². The Labute approximate surface area is 150 Å². The number of carbonyl (C=O) groups excluding carboxylic acids is 2. The Kier molecular flexibility index (Phi) is 6.15. The van der Waals surface area contributed by atoms with Crippen LogP contribution in [0.4, 0.5) is 0 Å². The lowest BCUT2D eigenvalue weighted by atomic mass is 10.0. The average Bonchev–Trinajstić information content (AvgIpc) is 2.55. The topological polar surface area (TPSA) is 55.4 Å². The summed E-state index contributed by atoms with van der Waals surface area (Å²) in [6, 6.07) is 12.7. The van der Waals surface area contributed by atoms with Crippen molar-refractivity contribution in [3.05, 3.63) is 69.2 Å². The molecule has 0 fully saturated rings. The Morgan fingerprint density at radius 3 is 2.38 bits per heavy atom. The molecular weight excluding hydrogens is 370 g/mol. The van der Waals surface area contributed by atoms with Crippen LogP contribution >= 0.6 is 15.9 Å². The van der Waals surface area contributed by atoms with Gasteiger partial charge in [-0.25, -0.2) is 4.79 Å². The predicted molar refractivity (Wildman–Crippen MR) is 96.9 cm³/mol. The fourth-order valence-electron chi connectivity index (χ4n) is 2.20. The molecule has 0 aromatic heterocycles. The molecule has 24 heavy (non-hydrogen) atoms. The quantitative estimate of drug-likeness (QED) is 0.783. The van der Waals surface area contributed by atoms with E-state index in [1.165, 1.54) is 11.1 Å². The van der Waals surface area contributed by atoms with E-state index in [2.05, 4.69) is 21.2 Å². The second kappa shape index (κ2) is 8.11. The van der Waals surface area contributed by atoms with Gasteiger partial charge in [0, 0.05) is 4.47 Å². The minimum atomic E-state index is -0.517. The number of esters is 1. The number of ether oxygens (including phenoxy) is 1. The van der Waals surface area contributed by atoms with Gasteiger partial charge in [0.15, 0.2) is 6.61 Å². The molecule has 0 radical (unpaired) electrons. The standard InChI is InChI=1S/C19H20BrNO3/c1-12-4-5-16(10-13(12)2)14(3)21-18(22)11-24-19(23)15-6-8-17(20)9-7-15/h4-10,14H,11H2,1-3H3,(H,21,22)/t14-/m0/s1. The molecule has 1 atom stereocenters. The molecule has 0 saturated carbocycles. The molecule has 0 heterocycles. The first kappa shape index (κ1) is 18.2. The van der Waals surface area contributed by atoms with Crippen LogP contribution < -0.4 is 5.32 Å². The van der Waals surface area contributed by atoms with Gasteiger partial charge in [-0.2, -0.15) is 0 Å². The monoisotopic (exact) mass is 389 g/mol. The van der Waals surface area contributed by atoms with Gasteiger partial charge in [-0.3, -0.25) is 4.79 Å². The molecule has 0 spiro atoms. The van der Waals surface area contributed by atoms with Crippen molar-refractivity contribution >= 4 is 27.8 Å². The highest BCUT2D eigenvalue weighted by Crippen LogP contribution is 2.16. The number of benzene rings is 2. The fourth-order valence-corrected chi connectivity index (χ4v) is 2.47. The lowest BCUT2D eigenvalue weighted by Crippen LogP contribution is -2.31. The normalized spacial score (nSPS) is 11.7. The molecule has 0 aliphatic carbocycles. The van der Waals surface area contributed by atoms with Crippen LogP contribution in [0.25, 0.3) is 0 Å². The molecule has 126 valence electrons. The van der Waals surface area contributed by atoms with Crippen molar-refractivity contribution in [1.82, 2.24) is 5.32 Å². The van der Waals surface area contributed by atoms with Gasteiger partial charge in [0.25, 0.3) is 5.91 Å². The summed E-state index contributed by atoms with van der Waals surface area (Å²) in [6.45, 7) is 5.68. The molecule has 4 nitrogen and oxygen atoms in total. The molecule has 0 bridgehead atoms. The zero-order chi connectivity index (χ0) is 17.7. The van der Waals surface area contributed by atoms with Crippen molar-refractivity contribution < 1.29 is 14.3 Å². The van der Waals surface area contributed by atoms with Crippen LogP contribution in [0.3, 0.4) is 0 Å². The van der Waals surface area contributed by atoms with Gasteiger partial charge < -0.3 is 10.1 Å². The third kappa shape index (κ3) is 4.93. The lowest BCUT2D eigenvalue weighted by Gasteiger charge is -2.15. The lowest BCUT2D eigenvalue weighted by molar-refractivity contribution is -0.124. The number of amides is 1. The molecule has 2 aromatic carbocycles. The van der Waals surface area contributed by atoms with E-state index in [1.807, 2.05) is 39.0 Å². The number of halogens is 1. The summed E-state index contributed by atoms with van der Waals surface area (Å²) in [5, 5.41) is 2.84. The molecule has 5 heteroatoms. The van der Waals surface area contributed by atoms with Crippen molar-refractivity contribution in [3.63, 3.8) is 0 Å². The van der Waals surface area contributed by atoms with E-state index in [1.54, 1.807) is 24.3 Å². The highest BCUT2D eigenvalue weighted by Gasteiger charge is 2.13. The van der Waals surface area contributed by atoms with E-state index >= 15 is 0 Å².